The first-order valence-electron chi connectivity index (χ1n) is 8.37. The molecule has 0 unspecified atom stereocenters. The first kappa shape index (κ1) is 20.1. The fourth-order valence-electron chi connectivity index (χ4n) is 2.69. The maximum absolute atomic E-state index is 14.2. The molecule has 0 aliphatic rings. The van der Waals surface area contributed by atoms with E-state index in [-0.39, 0.29) is 16.1 Å². The molecule has 0 saturated carbocycles. The number of anilines is 1. The number of hydrogen-bond acceptors (Lipinski definition) is 6. The molecule has 31 heavy (non-hydrogen) atoms. The summed E-state index contributed by atoms with van der Waals surface area (Å²) in [5.74, 6) is -3.10. The van der Waals surface area contributed by atoms with Gasteiger partial charge in [-0.1, -0.05) is 11.3 Å². The molecule has 0 aliphatic heterocycles. The average molecular weight is 436 g/mol. The van der Waals surface area contributed by atoms with E-state index < -0.39 is 40.8 Å². The standard InChI is InChI=1S/C17H9F5N8O/c18-9-2-1-3-11(6-9)30-15(17(20,21)22)14(25-27-30)16(31)24-13-7-10(4-5-12(13)19)29-8-23-26-28-29/h1-8H,(H,24,31). The topological polar surface area (TPSA) is 103 Å². The van der Waals surface area contributed by atoms with Crippen molar-refractivity contribution >= 4 is 11.6 Å². The lowest BCUT2D eigenvalue weighted by atomic mass is 10.2. The molecule has 2 heterocycles. The summed E-state index contributed by atoms with van der Waals surface area (Å²) >= 11 is 0. The Bertz CT molecular complexity index is 1250. The van der Waals surface area contributed by atoms with Crippen molar-refractivity contribution in [3.63, 3.8) is 0 Å². The van der Waals surface area contributed by atoms with E-state index in [9.17, 15) is 26.7 Å². The highest BCUT2D eigenvalue weighted by atomic mass is 19.4. The number of hydrogen-bond donors (Lipinski definition) is 1. The maximum atomic E-state index is 14.2. The summed E-state index contributed by atoms with van der Waals surface area (Å²) in [6, 6.07) is 7.54. The van der Waals surface area contributed by atoms with Crippen LogP contribution < -0.4 is 5.32 Å². The lowest BCUT2D eigenvalue weighted by Crippen LogP contribution is -2.21. The van der Waals surface area contributed by atoms with Crippen molar-refractivity contribution in [3.8, 4) is 11.4 Å². The largest absolute Gasteiger partial charge is 0.435 e. The zero-order chi connectivity index (χ0) is 22.2. The van der Waals surface area contributed by atoms with Crippen molar-refractivity contribution in [3.05, 3.63) is 71.8 Å². The SMILES string of the molecule is O=C(Nc1cc(-n2cnnn2)ccc1F)c1nnn(-c2cccc(F)c2)c1C(F)(F)F. The number of carbonyl (C=O) groups is 1. The van der Waals surface area contributed by atoms with E-state index in [4.69, 9.17) is 0 Å². The van der Waals surface area contributed by atoms with Crippen LogP contribution >= 0.6 is 0 Å². The third kappa shape index (κ3) is 3.94. The molecule has 1 N–H and O–H groups in total. The molecule has 0 fully saturated rings. The average Bonchev–Trinajstić information content (AvgIpc) is 3.39. The summed E-state index contributed by atoms with van der Waals surface area (Å²) < 4.78 is 70.1. The van der Waals surface area contributed by atoms with E-state index >= 15 is 0 Å². The lowest BCUT2D eigenvalue weighted by Gasteiger charge is -2.12. The normalized spacial score (nSPS) is 11.5. The molecule has 0 saturated heterocycles. The third-order valence-electron chi connectivity index (χ3n) is 4.02. The first-order valence-corrected chi connectivity index (χ1v) is 8.37. The van der Waals surface area contributed by atoms with E-state index in [1.54, 1.807) is 0 Å². The number of alkyl halides is 3. The molecule has 4 rings (SSSR count). The number of rotatable bonds is 4. The number of tetrazole rings is 1. The van der Waals surface area contributed by atoms with Crippen LogP contribution in [0.25, 0.3) is 11.4 Å². The summed E-state index contributed by atoms with van der Waals surface area (Å²) in [4.78, 5) is 12.5. The van der Waals surface area contributed by atoms with Crippen molar-refractivity contribution in [2.24, 2.45) is 0 Å². The van der Waals surface area contributed by atoms with Crippen LogP contribution in [0.4, 0.5) is 27.6 Å². The quantitative estimate of drug-likeness (QED) is 0.494. The van der Waals surface area contributed by atoms with E-state index in [0.717, 1.165) is 35.0 Å². The zero-order valence-electron chi connectivity index (χ0n) is 15.0. The van der Waals surface area contributed by atoms with Gasteiger partial charge in [0.2, 0.25) is 0 Å². The highest BCUT2D eigenvalue weighted by molar-refractivity contribution is 6.04. The van der Waals surface area contributed by atoms with Gasteiger partial charge in [0.1, 0.15) is 18.0 Å². The fourth-order valence-corrected chi connectivity index (χ4v) is 2.69. The van der Waals surface area contributed by atoms with Gasteiger partial charge in [-0.3, -0.25) is 4.79 Å². The fraction of sp³-hybridized carbons (Fsp3) is 0.0588. The minimum atomic E-state index is -5.07. The van der Waals surface area contributed by atoms with E-state index in [0.29, 0.717) is 0 Å². The molecule has 4 aromatic rings. The molecule has 14 heteroatoms. The van der Waals surface area contributed by atoms with Crippen molar-refractivity contribution in [1.29, 1.82) is 0 Å². The summed E-state index contributed by atoms with van der Waals surface area (Å²) in [5.41, 5.74) is -3.17. The summed E-state index contributed by atoms with van der Waals surface area (Å²) in [6.07, 6.45) is -3.87. The molecule has 0 radical (unpaired) electrons. The van der Waals surface area contributed by atoms with Crippen LogP contribution in [0.15, 0.2) is 48.8 Å². The summed E-state index contributed by atoms with van der Waals surface area (Å²) in [7, 11) is 0. The smallest absolute Gasteiger partial charge is 0.318 e. The van der Waals surface area contributed by atoms with E-state index in [1.165, 1.54) is 18.5 Å². The van der Waals surface area contributed by atoms with Crippen LogP contribution in [-0.4, -0.2) is 41.1 Å². The van der Waals surface area contributed by atoms with Gasteiger partial charge in [-0.15, -0.1) is 10.2 Å². The van der Waals surface area contributed by atoms with Crippen molar-refractivity contribution in [1.82, 2.24) is 35.2 Å². The Morgan fingerprint density at radius 1 is 1.00 bits per heavy atom. The van der Waals surface area contributed by atoms with Crippen molar-refractivity contribution in [2.45, 2.75) is 6.18 Å². The highest BCUT2D eigenvalue weighted by Crippen LogP contribution is 2.33. The van der Waals surface area contributed by atoms with Gasteiger partial charge < -0.3 is 5.32 Å². The predicted molar refractivity (Wildman–Crippen MR) is 93.4 cm³/mol. The molecular weight excluding hydrogens is 427 g/mol. The Hall–Kier alpha value is -4.23. The molecule has 0 aliphatic carbocycles. The van der Waals surface area contributed by atoms with Crippen LogP contribution in [-0.2, 0) is 6.18 Å². The second-order valence-corrected chi connectivity index (χ2v) is 6.05. The number of nitrogens with one attached hydrogen (secondary N) is 1. The molecular formula is C17H9F5N8O. The summed E-state index contributed by atoms with van der Waals surface area (Å²) in [5, 5.41) is 19.1. The lowest BCUT2D eigenvalue weighted by molar-refractivity contribution is -0.143. The van der Waals surface area contributed by atoms with Crippen LogP contribution in [0, 0.1) is 11.6 Å². The maximum Gasteiger partial charge on any atom is 0.435 e. The highest BCUT2D eigenvalue weighted by Gasteiger charge is 2.42. The van der Waals surface area contributed by atoms with Crippen LogP contribution in [0.5, 0.6) is 0 Å². The number of carbonyl (C=O) groups excluding carboxylic acids is 1. The van der Waals surface area contributed by atoms with Gasteiger partial charge in [0.05, 0.1) is 17.1 Å². The van der Waals surface area contributed by atoms with E-state index in [1.807, 2.05) is 5.32 Å². The molecule has 0 atom stereocenters. The van der Waals surface area contributed by atoms with Gasteiger partial charge in [-0.25, -0.2) is 18.1 Å². The Kier molecular flexibility index (Phi) is 4.88. The summed E-state index contributed by atoms with van der Waals surface area (Å²) in [6.45, 7) is 0. The Balaban J connectivity index is 1.72. The molecule has 1 amide bonds. The van der Waals surface area contributed by atoms with Crippen molar-refractivity contribution < 1.29 is 26.7 Å². The predicted octanol–water partition coefficient (Wildman–Crippen LogP) is 2.79. The van der Waals surface area contributed by atoms with Gasteiger partial charge in [0.15, 0.2) is 11.4 Å². The third-order valence-corrected chi connectivity index (χ3v) is 4.02. The first-order chi connectivity index (χ1) is 14.7. The number of benzene rings is 2. The van der Waals surface area contributed by atoms with Gasteiger partial charge in [-0.2, -0.15) is 13.2 Å². The minimum Gasteiger partial charge on any atom is -0.318 e. The zero-order valence-corrected chi connectivity index (χ0v) is 15.0. The van der Waals surface area contributed by atoms with Crippen LogP contribution in [0.2, 0.25) is 0 Å². The monoisotopic (exact) mass is 436 g/mol. The number of halogens is 5. The van der Waals surface area contributed by atoms with Crippen LogP contribution in [0.3, 0.4) is 0 Å². The molecule has 0 spiro atoms. The molecule has 0 bridgehead atoms. The minimum absolute atomic E-state index is 0.237. The van der Waals surface area contributed by atoms with Crippen molar-refractivity contribution in [2.75, 3.05) is 5.32 Å². The second kappa shape index (κ2) is 7.55. The Morgan fingerprint density at radius 3 is 2.48 bits per heavy atom. The number of amides is 1. The van der Waals surface area contributed by atoms with Crippen LogP contribution in [0.1, 0.15) is 16.2 Å². The number of nitrogens with zero attached hydrogens (tertiary/aromatic N) is 7. The van der Waals surface area contributed by atoms with Gasteiger partial charge in [0, 0.05) is 0 Å². The van der Waals surface area contributed by atoms with E-state index in [2.05, 4.69) is 25.8 Å². The van der Waals surface area contributed by atoms with Gasteiger partial charge in [0.25, 0.3) is 5.91 Å². The van der Waals surface area contributed by atoms with Gasteiger partial charge in [-0.05, 0) is 46.8 Å². The Morgan fingerprint density at radius 2 is 1.81 bits per heavy atom. The van der Waals surface area contributed by atoms with Gasteiger partial charge >= 0.3 is 6.18 Å². The number of aromatic nitrogens is 7. The molecule has 158 valence electrons. The molecule has 2 aromatic carbocycles. The Labute approximate surface area is 169 Å². The molecule has 2 aromatic heterocycles. The molecule has 9 nitrogen and oxygen atoms in total. The second-order valence-electron chi connectivity index (χ2n) is 6.05.